The van der Waals surface area contributed by atoms with Crippen LogP contribution in [0.1, 0.15) is 10.4 Å². The Bertz CT molecular complexity index is 1400. The van der Waals surface area contributed by atoms with E-state index in [0.29, 0.717) is 22.8 Å². The maximum atomic E-state index is 12.4. The third kappa shape index (κ3) is 5.03. The van der Waals surface area contributed by atoms with Crippen LogP contribution in [-0.2, 0) is 10.0 Å². The third-order valence-electron chi connectivity index (χ3n) is 4.56. The molecule has 4 aromatic rings. The summed E-state index contributed by atoms with van der Waals surface area (Å²) < 4.78 is 35.7. The molecule has 1 heterocycles. The Kier molecular flexibility index (Phi) is 6.40. The van der Waals surface area contributed by atoms with E-state index in [9.17, 15) is 13.2 Å². The molecule has 33 heavy (non-hydrogen) atoms. The van der Waals surface area contributed by atoms with E-state index in [-0.39, 0.29) is 21.4 Å². The summed E-state index contributed by atoms with van der Waals surface area (Å²) in [5, 5.41) is 8.36. The summed E-state index contributed by atoms with van der Waals surface area (Å²) in [5.74, 6) is 0.497. The number of aromatic nitrogens is 2. The second kappa shape index (κ2) is 9.41. The minimum atomic E-state index is -3.98. The summed E-state index contributed by atoms with van der Waals surface area (Å²) in [6.45, 7) is 0. The van der Waals surface area contributed by atoms with Crippen molar-refractivity contribution in [2.24, 2.45) is 0 Å². The fourth-order valence-electron chi connectivity index (χ4n) is 2.91. The van der Waals surface area contributed by atoms with Gasteiger partial charge in [0.15, 0.2) is 0 Å². The molecule has 2 N–H and O–H groups in total. The average molecular weight is 485 g/mol. The predicted molar refractivity (Wildman–Crippen MR) is 121 cm³/mol. The van der Waals surface area contributed by atoms with Gasteiger partial charge in [-0.3, -0.25) is 10.2 Å². The first-order valence-electron chi connectivity index (χ1n) is 9.52. The number of para-hydroxylation sites is 1. The Labute approximate surface area is 194 Å². The van der Waals surface area contributed by atoms with E-state index >= 15 is 0 Å². The number of rotatable bonds is 7. The van der Waals surface area contributed by atoms with Gasteiger partial charge in [-0.1, -0.05) is 29.8 Å². The maximum absolute atomic E-state index is 12.4. The zero-order valence-electron chi connectivity index (χ0n) is 17.2. The molecule has 0 fully saturated rings. The van der Waals surface area contributed by atoms with Gasteiger partial charge in [0, 0.05) is 16.1 Å². The van der Waals surface area contributed by atoms with Gasteiger partial charge in [0.25, 0.3) is 21.8 Å². The minimum absolute atomic E-state index is 0.0760. The van der Waals surface area contributed by atoms with Gasteiger partial charge in [-0.15, -0.1) is 15.0 Å². The summed E-state index contributed by atoms with van der Waals surface area (Å²) >= 11 is 5.82. The van der Waals surface area contributed by atoms with Gasteiger partial charge in [-0.05, 0) is 54.6 Å². The van der Waals surface area contributed by atoms with Gasteiger partial charge in [0.2, 0.25) is 5.89 Å². The molecule has 0 aliphatic rings. The van der Waals surface area contributed by atoms with Crippen LogP contribution in [0, 0.1) is 0 Å². The first-order chi connectivity index (χ1) is 15.9. The van der Waals surface area contributed by atoms with Gasteiger partial charge in [0.05, 0.1) is 17.6 Å². The van der Waals surface area contributed by atoms with E-state index in [1.165, 1.54) is 30.3 Å². The lowest BCUT2D eigenvalue weighted by Crippen LogP contribution is -2.41. The van der Waals surface area contributed by atoms with Crippen molar-refractivity contribution in [3.63, 3.8) is 0 Å². The predicted octanol–water partition coefficient (Wildman–Crippen LogP) is 3.69. The van der Waals surface area contributed by atoms with E-state index in [1.54, 1.807) is 37.4 Å². The minimum Gasteiger partial charge on any atom is -0.496 e. The summed E-state index contributed by atoms with van der Waals surface area (Å²) in [6, 6.07) is 19.1. The Balaban J connectivity index is 1.45. The average Bonchev–Trinajstić information content (AvgIpc) is 3.33. The number of amides is 1. The molecule has 0 radical (unpaired) electrons. The number of nitrogens with zero attached hydrogens (tertiary/aromatic N) is 2. The van der Waals surface area contributed by atoms with Crippen LogP contribution in [0.2, 0.25) is 5.02 Å². The SMILES string of the molecule is COc1ccccc1-c1nnc(-c2ccc(C(=O)NNS(=O)(=O)c3cccc(Cl)c3)cc2)o1. The Morgan fingerprint density at radius 2 is 1.70 bits per heavy atom. The maximum Gasteiger partial charge on any atom is 0.266 e. The van der Waals surface area contributed by atoms with E-state index in [4.69, 9.17) is 20.8 Å². The molecule has 4 rings (SSSR count). The number of nitrogens with one attached hydrogen (secondary N) is 2. The number of hydrogen-bond donors (Lipinski definition) is 2. The molecule has 0 saturated heterocycles. The zero-order chi connectivity index (χ0) is 23.4. The molecule has 9 nitrogen and oxygen atoms in total. The van der Waals surface area contributed by atoms with Crippen LogP contribution in [0.5, 0.6) is 5.75 Å². The molecule has 0 saturated carbocycles. The number of benzene rings is 3. The largest absolute Gasteiger partial charge is 0.496 e. The van der Waals surface area contributed by atoms with Crippen molar-refractivity contribution in [1.29, 1.82) is 0 Å². The lowest BCUT2D eigenvalue weighted by atomic mass is 10.1. The summed E-state index contributed by atoms with van der Waals surface area (Å²) in [6.07, 6.45) is 0. The molecule has 1 aromatic heterocycles. The highest BCUT2D eigenvalue weighted by Crippen LogP contribution is 2.30. The number of sulfonamides is 1. The number of ether oxygens (including phenoxy) is 1. The molecule has 168 valence electrons. The number of carbonyl (C=O) groups is 1. The highest BCUT2D eigenvalue weighted by molar-refractivity contribution is 7.89. The van der Waals surface area contributed by atoms with Crippen LogP contribution in [-0.4, -0.2) is 31.6 Å². The van der Waals surface area contributed by atoms with Crippen molar-refractivity contribution in [2.45, 2.75) is 4.90 Å². The number of hydrazine groups is 1. The number of methoxy groups -OCH3 is 1. The first-order valence-corrected chi connectivity index (χ1v) is 11.4. The Morgan fingerprint density at radius 1 is 0.970 bits per heavy atom. The van der Waals surface area contributed by atoms with Crippen molar-refractivity contribution in [1.82, 2.24) is 20.5 Å². The zero-order valence-corrected chi connectivity index (χ0v) is 18.7. The van der Waals surface area contributed by atoms with E-state index < -0.39 is 15.9 Å². The molecule has 0 bridgehead atoms. The standard InChI is InChI=1S/C22H17ClN4O5S/c1-31-19-8-3-2-7-18(19)22-26-25-21(32-22)15-11-9-14(10-12-15)20(28)24-27-33(29,30)17-6-4-5-16(23)13-17/h2-13,27H,1H3,(H,24,28). The fraction of sp³-hybridized carbons (Fsp3) is 0.0455. The van der Waals surface area contributed by atoms with Crippen LogP contribution in [0.4, 0.5) is 0 Å². The van der Waals surface area contributed by atoms with E-state index in [2.05, 4.69) is 15.6 Å². The summed E-state index contributed by atoms with van der Waals surface area (Å²) in [4.78, 5) is 14.3. The molecule has 0 spiro atoms. The monoisotopic (exact) mass is 484 g/mol. The van der Waals surface area contributed by atoms with Crippen molar-refractivity contribution in [3.8, 4) is 28.7 Å². The quantitative estimate of drug-likeness (QED) is 0.383. The molecule has 0 aliphatic carbocycles. The van der Waals surface area contributed by atoms with Crippen LogP contribution >= 0.6 is 11.6 Å². The third-order valence-corrected chi connectivity index (χ3v) is 6.04. The van der Waals surface area contributed by atoms with E-state index in [1.807, 2.05) is 17.0 Å². The number of carbonyl (C=O) groups excluding carboxylic acids is 1. The Hall–Kier alpha value is -3.73. The first kappa shape index (κ1) is 22.5. The number of halogens is 1. The second-order valence-corrected chi connectivity index (χ2v) is 8.83. The van der Waals surface area contributed by atoms with Crippen molar-refractivity contribution in [2.75, 3.05) is 7.11 Å². The molecular weight excluding hydrogens is 468 g/mol. The smallest absolute Gasteiger partial charge is 0.266 e. The molecule has 11 heteroatoms. The highest BCUT2D eigenvalue weighted by Gasteiger charge is 2.17. The van der Waals surface area contributed by atoms with Gasteiger partial charge < -0.3 is 9.15 Å². The summed E-state index contributed by atoms with van der Waals surface area (Å²) in [5.41, 5.74) is 3.63. The molecule has 1 amide bonds. The normalized spacial score (nSPS) is 11.2. The van der Waals surface area contributed by atoms with Gasteiger partial charge in [-0.25, -0.2) is 8.42 Å². The lowest BCUT2D eigenvalue weighted by Gasteiger charge is -2.09. The molecule has 3 aromatic carbocycles. The van der Waals surface area contributed by atoms with Crippen LogP contribution in [0.3, 0.4) is 0 Å². The number of hydrogen-bond acceptors (Lipinski definition) is 7. The topological polar surface area (TPSA) is 123 Å². The molecule has 0 aliphatic heterocycles. The molecular formula is C22H17ClN4O5S. The van der Waals surface area contributed by atoms with Crippen molar-refractivity contribution < 1.29 is 22.4 Å². The molecule has 0 atom stereocenters. The van der Waals surface area contributed by atoms with Crippen molar-refractivity contribution >= 4 is 27.5 Å². The van der Waals surface area contributed by atoms with Crippen LogP contribution in [0.15, 0.2) is 82.1 Å². The van der Waals surface area contributed by atoms with Gasteiger partial charge in [0.1, 0.15) is 5.75 Å². The van der Waals surface area contributed by atoms with Gasteiger partial charge >= 0.3 is 0 Å². The highest BCUT2D eigenvalue weighted by atomic mass is 35.5. The van der Waals surface area contributed by atoms with Crippen LogP contribution < -0.4 is 15.0 Å². The molecule has 0 unspecified atom stereocenters. The van der Waals surface area contributed by atoms with Gasteiger partial charge in [-0.2, -0.15) is 0 Å². The van der Waals surface area contributed by atoms with Crippen molar-refractivity contribution in [3.05, 3.63) is 83.4 Å². The second-order valence-electron chi connectivity index (χ2n) is 6.71. The Morgan fingerprint density at radius 3 is 2.42 bits per heavy atom. The van der Waals surface area contributed by atoms with Crippen LogP contribution in [0.25, 0.3) is 22.9 Å². The summed E-state index contributed by atoms with van der Waals surface area (Å²) in [7, 11) is -2.43. The fourth-order valence-corrected chi connectivity index (χ4v) is 4.05. The van der Waals surface area contributed by atoms with E-state index in [0.717, 1.165) is 0 Å². The lowest BCUT2D eigenvalue weighted by molar-refractivity contribution is 0.0945.